The van der Waals surface area contributed by atoms with Crippen molar-refractivity contribution in [3.05, 3.63) is 83.4 Å². The summed E-state index contributed by atoms with van der Waals surface area (Å²) in [5, 5.41) is 0. The summed E-state index contributed by atoms with van der Waals surface area (Å²) in [5.41, 5.74) is 3.69. The van der Waals surface area contributed by atoms with Gasteiger partial charge in [0.2, 0.25) is 0 Å². The molecule has 2 heteroatoms. The van der Waals surface area contributed by atoms with Gasteiger partial charge in [-0.25, -0.2) is 0 Å². The Morgan fingerprint density at radius 2 is 1.60 bits per heavy atom. The van der Waals surface area contributed by atoms with E-state index in [-0.39, 0.29) is 17.9 Å². The first-order valence-corrected chi connectivity index (χ1v) is 6.95. The molecule has 2 atom stereocenters. The number of nitrogens with zero attached hydrogens (tertiary/aromatic N) is 1. The van der Waals surface area contributed by atoms with Gasteiger partial charge in [0.25, 0.3) is 0 Å². The SMILES string of the molecule is O=C1C=CC2c3ccccc3C1N2Cc1ccccc1. The third-order valence-electron chi connectivity index (χ3n) is 4.22. The fraction of sp³-hybridized carbons (Fsp3) is 0.167. The van der Waals surface area contributed by atoms with Gasteiger partial charge in [0.05, 0.1) is 12.1 Å². The number of rotatable bonds is 2. The molecule has 0 spiro atoms. The second kappa shape index (κ2) is 4.43. The van der Waals surface area contributed by atoms with Gasteiger partial charge in [-0.05, 0) is 22.8 Å². The second-order valence-corrected chi connectivity index (χ2v) is 5.40. The van der Waals surface area contributed by atoms with E-state index in [9.17, 15) is 4.79 Å². The van der Waals surface area contributed by atoms with Crippen molar-refractivity contribution < 1.29 is 4.79 Å². The zero-order valence-electron chi connectivity index (χ0n) is 11.1. The van der Waals surface area contributed by atoms with Crippen LogP contribution in [0.2, 0.25) is 0 Å². The van der Waals surface area contributed by atoms with Gasteiger partial charge in [-0.3, -0.25) is 9.69 Å². The highest BCUT2D eigenvalue weighted by Crippen LogP contribution is 2.46. The van der Waals surface area contributed by atoms with E-state index in [0.29, 0.717) is 0 Å². The normalized spacial score (nSPS) is 23.9. The monoisotopic (exact) mass is 261 g/mol. The molecule has 20 heavy (non-hydrogen) atoms. The van der Waals surface area contributed by atoms with Crippen molar-refractivity contribution in [3.8, 4) is 0 Å². The van der Waals surface area contributed by atoms with E-state index in [1.165, 1.54) is 16.7 Å². The average molecular weight is 261 g/mol. The Morgan fingerprint density at radius 1 is 0.900 bits per heavy atom. The van der Waals surface area contributed by atoms with Crippen molar-refractivity contribution in [2.75, 3.05) is 0 Å². The molecule has 0 aliphatic carbocycles. The lowest BCUT2D eigenvalue weighted by Crippen LogP contribution is -2.32. The number of carbonyl (C=O) groups is 1. The van der Waals surface area contributed by atoms with Crippen LogP contribution in [0.25, 0.3) is 0 Å². The third-order valence-corrected chi connectivity index (χ3v) is 4.22. The molecule has 2 unspecified atom stereocenters. The van der Waals surface area contributed by atoms with Gasteiger partial charge in [0.1, 0.15) is 0 Å². The molecule has 2 heterocycles. The molecule has 2 aromatic rings. The molecule has 98 valence electrons. The number of benzene rings is 2. The summed E-state index contributed by atoms with van der Waals surface area (Å²) in [6.07, 6.45) is 3.78. The van der Waals surface area contributed by atoms with Crippen molar-refractivity contribution in [3.63, 3.8) is 0 Å². The molecule has 4 rings (SSSR count). The maximum absolute atomic E-state index is 12.3. The molecule has 2 nitrogen and oxygen atoms in total. The Hall–Kier alpha value is -2.19. The number of hydrogen-bond donors (Lipinski definition) is 0. The van der Waals surface area contributed by atoms with Crippen molar-refractivity contribution in [1.82, 2.24) is 4.90 Å². The third kappa shape index (κ3) is 1.65. The fourth-order valence-corrected chi connectivity index (χ4v) is 3.34. The van der Waals surface area contributed by atoms with E-state index >= 15 is 0 Å². The van der Waals surface area contributed by atoms with E-state index < -0.39 is 0 Å². The van der Waals surface area contributed by atoms with Crippen LogP contribution in [0.4, 0.5) is 0 Å². The van der Waals surface area contributed by atoms with Gasteiger partial charge in [-0.2, -0.15) is 0 Å². The molecule has 0 saturated heterocycles. The summed E-state index contributed by atoms with van der Waals surface area (Å²) in [5.74, 6) is 0.196. The predicted octanol–water partition coefficient (Wildman–Crippen LogP) is 3.42. The molecule has 2 aliphatic heterocycles. The molecular weight excluding hydrogens is 246 g/mol. The molecule has 2 aromatic carbocycles. The number of hydrogen-bond acceptors (Lipinski definition) is 2. The summed E-state index contributed by atoms with van der Waals surface area (Å²) in [7, 11) is 0. The topological polar surface area (TPSA) is 20.3 Å². The van der Waals surface area contributed by atoms with Gasteiger partial charge in [-0.1, -0.05) is 60.7 Å². The van der Waals surface area contributed by atoms with Crippen molar-refractivity contribution in [2.45, 2.75) is 18.6 Å². The van der Waals surface area contributed by atoms with Crippen molar-refractivity contribution in [1.29, 1.82) is 0 Å². The highest BCUT2D eigenvalue weighted by atomic mass is 16.1. The molecule has 0 amide bonds. The Balaban J connectivity index is 1.76. The van der Waals surface area contributed by atoms with Crippen LogP contribution < -0.4 is 0 Å². The lowest BCUT2D eigenvalue weighted by atomic mass is 10.0. The van der Waals surface area contributed by atoms with Crippen LogP contribution in [-0.2, 0) is 11.3 Å². The van der Waals surface area contributed by atoms with E-state index in [4.69, 9.17) is 0 Å². The van der Waals surface area contributed by atoms with Crippen LogP contribution in [0.3, 0.4) is 0 Å². The van der Waals surface area contributed by atoms with Crippen LogP contribution in [0.1, 0.15) is 28.8 Å². The minimum Gasteiger partial charge on any atom is -0.293 e. The maximum Gasteiger partial charge on any atom is 0.177 e. The zero-order chi connectivity index (χ0) is 13.5. The van der Waals surface area contributed by atoms with Crippen molar-refractivity contribution >= 4 is 5.78 Å². The molecule has 0 N–H and O–H groups in total. The minimum absolute atomic E-state index is 0.110. The first-order chi connectivity index (χ1) is 9.84. The average Bonchev–Trinajstić information content (AvgIpc) is 2.70. The van der Waals surface area contributed by atoms with Crippen LogP contribution >= 0.6 is 0 Å². The van der Waals surface area contributed by atoms with Gasteiger partial charge in [0.15, 0.2) is 5.78 Å². The highest BCUT2D eigenvalue weighted by Gasteiger charge is 2.42. The fourth-order valence-electron chi connectivity index (χ4n) is 3.34. The van der Waals surface area contributed by atoms with Gasteiger partial charge >= 0.3 is 0 Å². The summed E-state index contributed by atoms with van der Waals surface area (Å²) in [6.45, 7) is 0.806. The molecule has 0 radical (unpaired) electrons. The molecule has 2 aliphatic rings. The van der Waals surface area contributed by atoms with Crippen LogP contribution in [0, 0.1) is 0 Å². The lowest BCUT2D eigenvalue weighted by molar-refractivity contribution is -0.120. The quantitative estimate of drug-likeness (QED) is 0.825. The largest absolute Gasteiger partial charge is 0.293 e. The van der Waals surface area contributed by atoms with Crippen LogP contribution in [0.15, 0.2) is 66.7 Å². The molecule has 0 saturated carbocycles. The summed E-state index contributed by atoms with van der Waals surface area (Å²) < 4.78 is 0. The van der Waals surface area contributed by atoms with E-state index in [0.717, 1.165) is 6.54 Å². The van der Waals surface area contributed by atoms with Crippen molar-refractivity contribution in [2.24, 2.45) is 0 Å². The second-order valence-electron chi connectivity index (χ2n) is 5.40. The van der Waals surface area contributed by atoms with E-state index in [2.05, 4.69) is 35.2 Å². The summed E-state index contributed by atoms with van der Waals surface area (Å²) in [4.78, 5) is 14.6. The van der Waals surface area contributed by atoms with Gasteiger partial charge in [0, 0.05) is 6.54 Å². The Morgan fingerprint density at radius 3 is 2.40 bits per heavy atom. The Bertz CT molecular complexity index is 690. The van der Waals surface area contributed by atoms with Gasteiger partial charge in [-0.15, -0.1) is 0 Å². The number of fused-ring (bicyclic) bond motifs is 5. The van der Waals surface area contributed by atoms with Crippen LogP contribution in [-0.4, -0.2) is 10.7 Å². The summed E-state index contributed by atoms with van der Waals surface area (Å²) in [6, 6.07) is 18.8. The standard InChI is InChI=1S/C18H15NO/c20-17-11-10-16-14-8-4-5-9-15(14)18(17)19(16)12-13-6-2-1-3-7-13/h1-11,16,18H,12H2. The van der Waals surface area contributed by atoms with E-state index in [1.54, 1.807) is 6.08 Å². The molecule has 2 bridgehead atoms. The lowest BCUT2D eigenvalue weighted by Gasteiger charge is -2.30. The Kier molecular flexibility index (Phi) is 2.57. The smallest absolute Gasteiger partial charge is 0.177 e. The summed E-state index contributed by atoms with van der Waals surface area (Å²) >= 11 is 0. The maximum atomic E-state index is 12.3. The number of ketones is 1. The first-order valence-electron chi connectivity index (χ1n) is 6.95. The highest BCUT2D eigenvalue weighted by molar-refractivity contribution is 5.97. The van der Waals surface area contributed by atoms with E-state index in [1.807, 2.05) is 30.3 Å². The minimum atomic E-state index is -0.110. The molecule has 0 aromatic heterocycles. The van der Waals surface area contributed by atoms with Gasteiger partial charge < -0.3 is 0 Å². The number of carbonyl (C=O) groups excluding carboxylic acids is 1. The first kappa shape index (κ1) is 11.6. The van der Waals surface area contributed by atoms with Crippen LogP contribution in [0.5, 0.6) is 0 Å². The predicted molar refractivity (Wildman–Crippen MR) is 78.1 cm³/mol. The molecular formula is C18H15NO. The Labute approximate surface area is 118 Å². The zero-order valence-corrected chi connectivity index (χ0v) is 11.1. The molecule has 0 fully saturated rings.